The zero-order chi connectivity index (χ0) is 27.2. The topological polar surface area (TPSA) is 73.2 Å². The zero-order valence-corrected chi connectivity index (χ0v) is 21.6. The summed E-state index contributed by atoms with van der Waals surface area (Å²) < 4.78 is 43.1. The first-order chi connectivity index (χ1) is 18.9. The number of aromatic nitrogens is 1. The summed E-state index contributed by atoms with van der Waals surface area (Å²) in [6.45, 7) is 1.89. The summed E-state index contributed by atoms with van der Waals surface area (Å²) in [5.41, 5.74) is 2.77. The number of piperidine rings is 1. The number of nitrogens with one attached hydrogen (secondary N) is 2. The quantitative estimate of drug-likeness (QED) is 0.360. The molecule has 5 rings (SSSR count). The molecular weight excluding hydrogens is 503 g/mol. The average molecular weight is 536 g/mol. The smallest absolute Gasteiger partial charge is 0.405 e. The number of alkyl halides is 3. The summed E-state index contributed by atoms with van der Waals surface area (Å²) in [6.07, 6.45) is 3.34. The minimum Gasteiger partial charge on any atom is -0.405 e. The Morgan fingerprint density at radius 1 is 0.949 bits per heavy atom. The molecule has 2 fully saturated rings. The van der Waals surface area contributed by atoms with E-state index in [9.17, 15) is 13.2 Å². The molecule has 1 aliphatic carbocycles. The van der Waals surface area contributed by atoms with Crippen LogP contribution >= 0.6 is 0 Å². The number of hydrogen-bond donors (Lipinski definition) is 2. The number of nitriles is 1. The van der Waals surface area contributed by atoms with Crippen molar-refractivity contribution in [1.82, 2.24) is 10.3 Å². The standard InChI is InChI=1S/C30H32F3N5O/c31-30(32,33)39-28-10-4-1-7-25(28)22-15-16-35-29(18-22)37-27-9-3-2-8-26(27)36-23-6-5-17-38(20-23)24-13-11-21(19-34)12-14-24/h1,4,7,10-16,18,23,26-27,36H,2-3,5-6,8-9,17,20H2,(H,35,37)/t23-,26+,27+/m0/s1. The van der Waals surface area contributed by atoms with Gasteiger partial charge in [0.2, 0.25) is 0 Å². The number of rotatable bonds is 7. The molecule has 6 nitrogen and oxygen atoms in total. The Kier molecular flexibility index (Phi) is 8.22. The van der Waals surface area contributed by atoms with Gasteiger partial charge in [-0.2, -0.15) is 5.26 Å². The van der Waals surface area contributed by atoms with Crippen molar-refractivity contribution < 1.29 is 17.9 Å². The van der Waals surface area contributed by atoms with E-state index < -0.39 is 6.36 Å². The second kappa shape index (κ2) is 12.0. The molecule has 3 aromatic rings. The van der Waals surface area contributed by atoms with E-state index in [1.54, 1.807) is 30.5 Å². The summed E-state index contributed by atoms with van der Waals surface area (Å²) in [5, 5.41) is 16.6. The van der Waals surface area contributed by atoms with Crippen LogP contribution in [0.5, 0.6) is 5.75 Å². The molecule has 2 aromatic carbocycles. The molecular formula is C30H32F3N5O. The lowest BCUT2D eigenvalue weighted by Crippen LogP contribution is -2.54. The van der Waals surface area contributed by atoms with Crippen LogP contribution in [-0.2, 0) is 0 Å². The fourth-order valence-corrected chi connectivity index (χ4v) is 5.69. The van der Waals surface area contributed by atoms with E-state index in [0.717, 1.165) is 57.3 Å². The summed E-state index contributed by atoms with van der Waals surface area (Å²) in [6, 6.07) is 20.3. The Bertz CT molecular complexity index is 1290. The Morgan fingerprint density at radius 2 is 1.72 bits per heavy atom. The zero-order valence-electron chi connectivity index (χ0n) is 21.6. The van der Waals surface area contributed by atoms with E-state index in [1.807, 2.05) is 24.3 Å². The van der Waals surface area contributed by atoms with E-state index >= 15 is 0 Å². The van der Waals surface area contributed by atoms with Gasteiger partial charge in [0.1, 0.15) is 11.6 Å². The fourth-order valence-electron chi connectivity index (χ4n) is 5.69. The van der Waals surface area contributed by atoms with Crippen LogP contribution in [-0.4, -0.2) is 42.6 Å². The monoisotopic (exact) mass is 535 g/mol. The third kappa shape index (κ3) is 7.01. The Labute approximate surface area is 226 Å². The maximum Gasteiger partial charge on any atom is 0.573 e. The molecule has 1 aliphatic heterocycles. The molecule has 0 spiro atoms. The van der Waals surface area contributed by atoms with Crippen LogP contribution in [0.25, 0.3) is 11.1 Å². The predicted octanol–water partition coefficient (Wildman–Crippen LogP) is 6.50. The highest BCUT2D eigenvalue weighted by atomic mass is 19.4. The summed E-state index contributed by atoms with van der Waals surface area (Å²) >= 11 is 0. The van der Waals surface area contributed by atoms with Gasteiger partial charge in [-0.3, -0.25) is 0 Å². The number of pyridine rings is 1. The van der Waals surface area contributed by atoms with Crippen molar-refractivity contribution in [1.29, 1.82) is 5.26 Å². The first-order valence-corrected chi connectivity index (χ1v) is 13.5. The highest BCUT2D eigenvalue weighted by Crippen LogP contribution is 2.34. The Balaban J connectivity index is 1.26. The van der Waals surface area contributed by atoms with Crippen molar-refractivity contribution in [3.63, 3.8) is 0 Å². The van der Waals surface area contributed by atoms with E-state index in [0.29, 0.717) is 28.6 Å². The largest absolute Gasteiger partial charge is 0.573 e. The summed E-state index contributed by atoms with van der Waals surface area (Å²) in [5.74, 6) is 0.402. The average Bonchev–Trinajstić information content (AvgIpc) is 2.94. The van der Waals surface area contributed by atoms with Crippen LogP contribution in [0.1, 0.15) is 44.1 Å². The second-order valence-corrected chi connectivity index (χ2v) is 10.2. The molecule has 204 valence electrons. The third-order valence-corrected chi connectivity index (χ3v) is 7.52. The Morgan fingerprint density at radius 3 is 2.49 bits per heavy atom. The van der Waals surface area contributed by atoms with Gasteiger partial charge in [-0.15, -0.1) is 13.2 Å². The van der Waals surface area contributed by atoms with Crippen LogP contribution in [0, 0.1) is 11.3 Å². The first kappa shape index (κ1) is 26.8. The van der Waals surface area contributed by atoms with Gasteiger partial charge in [0, 0.05) is 48.7 Å². The highest BCUT2D eigenvalue weighted by molar-refractivity contribution is 5.72. The molecule has 0 radical (unpaired) electrons. The van der Waals surface area contributed by atoms with Crippen molar-refractivity contribution in [3.05, 3.63) is 72.4 Å². The summed E-state index contributed by atoms with van der Waals surface area (Å²) in [7, 11) is 0. The lowest BCUT2D eigenvalue weighted by Gasteiger charge is -2.40. The van der Waals surface area contributed by atoms with E-state index in [4.69, 9.17) is 5.26 Å². The molecule has 2 heterocycles. The molecule has 0 amide bonds. The van der Waals surface area contributed by atoms with Gasteiger partial charge in [0.15, 0.2) is 0 Å². The van der Waals surface area contributed by atoms with Crippen molar-refractivity contribution in [2.24, 2.45) is 0 Å². The normalized spacial score (nSPS) is 21.7. The van der Waals surface area contributed by atoms with Gasteiger partial charge >= 0.3 is 6.36 Å². The number of para-hydroxylation sites is 1. The Hall–Kier alpha value is -3.77. The highest BCUT2D eigenvalue weighted by Gasteiger charge is 2.32. The van der Waals surface area contributed by atoms with E-state index in [1.165, 1.54) is 12.1 Å². The van der Waals surface area contributed by atoms with Crippen molar-refractivity contribution in [2.75, 3.05) is 23.3 Å². The molecule has 0 bridgehead atoms. The van der Waals surface area contributed by atoms with Gasteiger partial charge in [0.05, 0.1) is 11.6 Å². The van der Waals surface area contributed by atoms with Crippen molar-refractivity contribution in [2.45, 2.75) is 63.0 Å². The minimum absolute atomic E-state index is 0.161. The number of ether oxygens (including phenoxy) is 1. The van der Waals surface area contributed by atoms with Gasteiger partial charge in [0.25, 0.3) is 0 Å². The number of hydrogen-bond acceptors (Lipinski definition) is 6. The first-order valence-electron chi connectivity index (χ1n) is 13.5. The molecule has 39 heavy (non-hydrogen) atoms. The number of anilines is 2. The second-order valence-electron chi connectivity index (χ2n) is 10.2. The van der Waals surface area contributed by atoms with Gasteiger partial charge in [-0.25, -0.2) is 4.98 Å². The van der Waals surface area contributed by atoms with E-state index in [-0.39, 0.29) is 17.8 Å². The van der Waals surface area contributed by atoms with E-state index in [2.05, 4.69) is 31.3 Å². The van der Waals surface area contributed by atoms with Crippen molar-refractivity contribution >= 4 is 11.5 Å². The third-order valence-electron chi connectivity index (χ3n) is 7.52. The molecule has 1 aromatic heterocycles. The number of benzene rings is 2. The van der Waals surface area contributed by atoms with Crippen LogP contribution in [0.15, 0.2) is 66.9 Å². The predicted molar refractivity (Wildman–Crippen MR) is 146 cm³/mol. The molecule has 0 unspecified atom stereocenters. The van der Waals surface area contributed by atoms with Crippen LogP contribution in [0.4, 0.5) is 24.7 Å². The fraction of sp³-hybridized carbons (Fsp3) is 0.400. The van der Waals surface area contributed by atoms with Crippen LogP contribution in [0.3, 0.4) is 0 Å². The number of nitrogens with zero attached hydrogens (tertiary/aromatic N) is 3. The van der Waals surface area contributed by atoms with Crippen LogP contribution < -0.4 is 20.3 Å². The molecule has 9 heteroatoms. The van der Waals surface area contributed by atoms with Gasteiger partial charge < -0.3 is 20.3 Å². The SMILES string of the molecule is N#Cc1ccc(N2CCC[C@H](N[C@@H]3CCCC[C@H]3Nc3cc(-c4ccccc4OC(F)(F)F)ccn3)C2)cc1. The molecule has 2 N–H and O–H groups in total. The number of halogens is 3. The minimum atomic E-state index is -4.76. The summed E-state index contributed by atoms with van der Waals surface area (Å²) in [4.78, 5) is 6.85. The van der Waals surface area contributed by atoms with Crippen LogP contribution in [0.2, 0.25) is 0 Å². The maximum absolute atomic E-state index is 12.9. The van der Waals surface area contributed by atoms with Crippen molar-refractivity contribution in [3.8, 4) is 22.9 Å². The molecule has 3 atom stereocenters. The maximum atomic E-state index is 12.9. The van der Waals surface area contributed by atoms with Gasteiger partial charge in [-0.1, -0.05) is 31.0 Å². The molecule has 1 saturated carbocycles. The lowest BCUT2D eigenvalue weighted by atomic mass is 9.89. The molecule has 2 aliphatic rings. The van der Waals surface area contributed by atoms with Gasteiger partial charge in [-0.05, 0) is 73.7 Å². The molecule has 1 saturated heterocycles. The lowest BCUT2D eigenvalue weighted by molar-refractivity contribution is -0.274.